The quantitative estimate of drug-likeness (QED) is 0.494. The first kappa shape index (κ1) is 4.74. The summed E-state index contributed by atoms with van der Waals surface area (Å²) in [7, 11) is 0. The van der Waals surface area contributed by atoms with Gasteiger partial charge in [-0.2, -0.15) is 0 Å². The van der Waals surface area contributed by atoms with E-state index >= 15 is 0 Å². The Morgan fingerprint density at radius 3 is 2.00 bits per heavy atom. The van der Waals surface area contributed by atoms with E-state index < -0.39 is 0 Å². The van der Waals surface area contributed by atoms with Crippen LogP contribution in [0.3, 0.4) is 0 Å². The SMILES string of the molecule is [Se]C=CBr. The van der Waals surface area contributed by atoms with Crippen molar-refractivity contribution in [3.05, 3.63) is 9.96 Å². The molecule has 0 atom stereocenters. The molecule has 0 aromatic rings. The van der Waals surface area contributed by atoms with Gasteiger partial charge in [-0.15, -0.1) is 0 Å². The van der Waals surface area contributed by atoms with Gasteiger partial charge in [0, 0.05) is 0 Å². The van der Waals surface area contributed by atoms with Gasteiger partial charge in [-0.05, 0) is 0 Å². The van der Waals surface area contributed by atoms with Gasteiger partial charge in [0.1, 0.15) is 0 Å². The standard InChI is InChI=1S/C2H2BrSe/c3-1-2-4/h1-2H. The van der Waals surface area contributed by atoms with E-state index in [0.717, 1.165) is 0 Å². The van der Waals surface area contributed by atoms with Crippen molar-refractivity contribution in [1.29, 1.82) is 0 Å². The van der Waals surface area contributed by atoms with Crippen LogP contribution in [0.4, 0.5) is 0 Å². The van der Waals surface area contributed by atoms with Crippen molar-refractivity contribution in [2.75, 3.05) is 0 Å². The molecular weight excluding hydrogens is 183 g/mol. The molecule has 0 spiro atoms. The average Bonchev–Trinajstić information content (AvgIpc) is 1.37. The Hall–Kier alpha value is 0.739. The molecule has 0 N–H and O–H groups in total. The van der Waals surface area contributed by atoms with E-state index in [2.05, 4.69) is 31.9 Å². The molecule has 2 heteroatoms. The van der Waals surface area contributed by atoms with Crippen molar-refractivity contribution in [3.8, 4) is 0 Å². The molecule has 0 nitrogen and oxygen atoms in total. The number of halogens is 1. The van der Waals surface area contributed by atoms with E-state index in [1.165, 1.54) is 0 Å². The Morgan fingerprint density at radius 2 is 2.00 bits per heavy atom. The Morgan fingerprint density at radius 1 is 1.75 bits per heavy atom. The summed E-state index contributed by atoms with van der Waals surface area (Å²) < 4.78 is 0. The molecule has 0 rings (SSSR count). The van der Waals surface area contributed by atoms with Gasteiger partial charge in [-0.1, -0.05) is 0 Å². The van der Waals surface area contributed by atoms with Gasteiger partial charge in [-0.3, -0.25) is 0 Å². The molecule has 23 valence electrons. The van der Waals surface area contributed by atoms with Crippen LogP contribution in [-0.2, 0) is 0 Å². The third kappa shape index (κ3) is 2.74. The van der Waals surface area contributed by atoms with Gasteiger partial charge in [0.25, 0.3) is 0 Å². The van der Waals surface area contributed by atoms with Crippen LogP contribution in [0.1, 0.15) is 0 Å². The van der Waals surface area contributed by atoms with Crippen molar-refractivity contribution < 1.29 is 0 Å². The predicted octanol–water partition coefficient (Wildman–Crippen LogP) is 1.02. The second-order valence-corrected chi connectivity index (χ2v) is 1.36. The summed E-state index contributed by atoms with van der Waals surface area (Å²) >= 11 is 5.70. The zero-order chi connectivity index (χ0) is 3.41. The zero-order valence-electron chi connectivity index (χ0n) is 1.94. The fourth-order valence-electron chi connectivity index (χ4n) is 0. The molecule has 4 heavy (non-hydrogen) atoms. The number of hydrogen-bond acceptors (Lipinski definition) is 0. The van der Waals surface area contributed by atoms with E-state index in [1.807, 2.05) is 0 Å². The molecule has 0 saturated heterocycles. The molecule has 1 radical (unpaired) electrons. The van der Waals surface area contributed by atoms with Gasteiger partial charge in [0.2, 0.25) is 0 Å². The minimum atomic E-state index is 1.76. The van der Waals surface area contributed by atoms with E-state index in [9.17, 15) is 0 Å². The Kier molecular flexibility index (Phi) is 4.43. The molecule has 0 fully saturated rings. The summed E-state index contributed by atoms with van der Waals surface area (Å²) in [6.07, 6.45) is 0. The van der Waals surface area contributed by atoms with E-state index in [4.69, 9.17) is 0 Å². The van der Waals surface area contributed by atoms with E-state index in [0.29, 0.717) is 0 Å². The van der Waals surface area contributed by atoms with Gasteiger partial charge in [0.05, 0.1) is 0 Å². The van der Waals surface area contributed by atoms with Gasteiger partial charge in [-0.25, -0.2) is 0 Å². The van der Waals surface area contributed by atoms with Crippen molar-refractivity contribution in [2.24, 2.45) is 0 Å². The van der Waals surface area contributed by atoms with Gasteiger partial charge < -0.3 is 0 Å². The molecule has 0 saturated carbocycles. The van der Waals surface area contributed by atoms with Crippen LogP contribution in [-0.4, -0.2) is 16.0 Å². The molecule has 0 unspecified atom stereocenters. The first-order valence-corrected chi connectivity index (χ1v) is 2.69. The summed E-state index contributed by atoms with van der Waals surface area (Å²) in [5.41, 5.74) is 0. The molecule has 0 aliphatic rings. The third-order valence-corrected chi connectivity index (χ3v) is 1.39. The normalized spacial score (nSPS) is 9.25. The summed E-state index contributed by atoms with van der Waals surface area (Å²) in [5.74, 6) is 0. The second-order valence-electron chi connectivity index (χ2n) is 0.262. The first-order chi connectivity index (χ1) is 1.91. The van der Waals surface area contributed by atoms with Crippen LogP contribution < -0.4 is 0 Å². The Bertz CT molecular complexity index is 21.2. The Labute approximate surface area is 42.2 Å². The fraction of sp³-hybridized carbons (Fsp3) is 0. The molecule has 0 aromatic carbocycles. The molecule has 0 aliphatic heterocycles. The van der Waals surface area contributed by atoms with Crippen LogP contribution >= 0.6 is 15.9 Å². The summed E-state index contributed by atoms with van der Waals surface area (Å²) in [6, 6.07) is 0. The molecule has 0 amide bonds. The third-order valence-electron chi connectivity index (χ3n) is 0.0514. The van der Waals surface area contributed by atoms with Crippen molar-refractivity contribution >= 4 is 31.9 Å². The maximum atomic E-state index is 3.04. The van der Waals surface area contributed by atoms with Crippen molar-refractivity contribution in [2.45, 2.75) is 0 Å². The summed E-state index contributed by atoms with van der Waals surface area (Å²) in [4.78, 5) is 3.55. The molecular formula is C2H2BrSe. The number of hydrogen-bond donors (Lipinski definition) is 0. The van der Waals surface area contributed by atoms with E-state index in [1.54, 1.807) is 9.96 Å². The molecule has 0 bridgehead atoms. The van der Waals surface area contributed by atoms with Crippen LogP contribution in [0.15, 0.2) is 9.96 Å². The second kappa shape index (κ2) is 3.74. The van der Waals surface area contributed by atoms with Gasteiger partial charge in [0.15, 0.2) is 0 Å². The molecule has 0 heterocycles. The zero-order valence-corrected chi connectivity index (χ0v) is 5.24. The summed E-state index contributed by atoms with van der Waals surface area (Å²) in [6.45, 7) is 0. The number of rotatable bonds is 0. The first-order valence-electron chi connectivity index (χ1n) is 0.787. The van der Waals surface area contributed by atoms with Crippen LogP contribution in [0.25, 0.3) is 0 Å². The fourth-order valence-corrected chi connectivity index (χ4v) is 0. The van der Waals surface area contributed by atoms with Gasteiger partial charge >= 0.3 is 41.9 Å². The van der Waals surface area contributed by atoms with Crippen LogP contribution in [0, 0.1) is 0 Å². The molecule has 0 aliphatic carbocycles. The van der Waals surface area contributed by atoms with Crippen LogP contribution in [0.2, 0.25) is 0 Å². The van der Waals surface area contributed by atoms with Crippen molar-refractivity contribution in [3.63, 3.8) is 0 Å². The topological polar surface area (TPSA) is 0 Å². The monoisotopic (exact) mass is 185 g/mol. The van der Waals surface area contributed by atoms with Crippen molar-refractivity contribution in [1.82, 2.24) is 0 Å². The van der Waals surface area contributed by atoms with Crippen LogP contribution in [0.5, 0.6) is 0 Å². The predicted molar refractivity (Wildman–Crippen MR) is 23.8 cm³/mol. The molecule has 0 aromatic heterocycles. The average molecular weight is 185 g/mol. The van der Waals surface area contributed by atoms with E-state index in [-0.39, 0.29) is 0 Å². The summed E-state index contributed by atoms with van der Waals surface area (Å²) in [5, 5.41) is 0. The Balaban J connectivity index is 2.55. The maximum absolute atomic E-state index is 3.04. The minimum absolute atomic E-state index is 1.76.